The molecule has 0 aliphatic carbocycles. The number of likely N-dealkylation sites (tertiary alicyclic amines) is 1. The second-order valence-electron chi connectivity index (χ2n) is 7.24. The minimum Gasteiger partial charge on any atom is -0.482 e. The zero-order valence-corrected chi connectivity index (χ0v) is 14.9. The molecule has 2 saturated heterocycles. The van der Waals surface area contributed by atoms with Crippen LogP contribution in [0, 0.1) is 5.92 Å². The normalized spacial score (nSPS) is 32.6. The van der Waals surface area contributed by atoms with E-state index < -0.39 is 6.10 Å². The van der Waals surface area contributed by atoms with Gasteiger partial charge in [-0.05, 0) is 25.0 Å². The van der Waals surface area contributed by atoms with Gasteiger partial charge in [-0.2, -0.15) is 0 Å². The molecular formula is C19H26N2O4. The third-order valence-corrected chi connectivity index (χ3v) is 5.48. The Hall–Kier alpha value is -1.79. The van der Waals surface area contributed by atoms with Crippen molar-refractivity contribution in [2.24, 2.45) is 5.92 Å². The summed E-state index contributed by atoms with van der Waals surface area (Å²) < 4.78 is 17.3. The molecule has 3 heterocycles. The first-order valence-corrected chi connectivity index (χ1v) is 9.16. The van der Waals surface area contributed by atoms with Crippen LogP contribution in [0.3, 0.4) is 0 Å². The minimum absolute atomic E-state index is 0.0320. The zero-order chi connectivity index (χ0) is 17.4. The lowest BCUT2D eigenvalue weighted by Gasteiger charge is -2.35. The lowest BCUT2D eigenvalue weighted by molar-refractivity contribution is -0.143. The van der Waals surface area contributed by atoms with E-state index >= 15 is 0 Å². The fraction of sp³-hybridized carbons (Fsp3) is 0.632. The quantitative estimate of drug-likeness (QED) is 0.810. The first-order chi connectivity index (χ1) is 12.1. The molecule has 6 heteroatoms. The molecular weight excluding hydrogens is 320 g/mol. The van der Waals surface area contributed by atoms with E-state index in [0.717, 1.165) is 39.4 Å². The molecule has 4 rings (SSSR count). The number of para-hydroxylation sites is 2. The van der Waals surface area contributed by atoms with Crippen molar-refractivity contribution in [2.75, 3.05) is 39.4 Å². The van der Waals surface area contributed by atoms with Crippen molar-refractivity contribution in [1.82, 2.24) is 9.80 Å². The predicted octanol–water partition coefficient (Wildman–Crippen LogP) is 1.39. The Labute approximate surface area is 148 Å². The summed E-state index contributed by atoms with van der Waals surface area (Å²) in [6.45, 7) is 9.12. The van der Waals surface area contributed by atoms with Gasteiger partial charge in [-0.3, -0.25) is 9.69 Å². The standard InChI is InChI=1S/C19H26N2O4/c1-13-11-21(12-15(13)20-7-9-23-10-8-20)19(22)18-14(2)24-16-5-3-4-6-17(16)25-18/h3-6,13-15,18H,7-12H2,1-2H3. The lowest BCUT2D eigenvalue weighted by atomic mass is 10.0. The molecule has 0 saturated carbocycles. The summed E-state index contributed by atoms with van der Waals surface area (Å²) in [5, 5.41) is 0. The number of ether oxygens (including phenoxy) is 3. The second-order valence-corrected chi connectivity index (χ2v) is 7.24. The number of amides is 1. The van der Waals surface area contributed by atoms with Crippen LogP contribution in [0.25, 0.3) is 0 Å². The van der Waals surface area contributed by atoms with E-state index in [0.29, 0.717) is 23.5 Å². The molecule has 25 heavy (non-hydrogen) atoms. The van der Waals surface area contributed by atoms with E-state index in [-0.39, 0.29) is 12.0 Å². The van der Waals surface area contributed by atoms with Crippen LogP contribution in [0.2, 0.25) is 0 Å². The van der Waals surface area contributed by atoms with Gasteiger partial charge >= 0.3 is 0 Å². The Bertz CT molecular complexity index is 632. The second kappa shape index (κ2) is 6.84. The van der Waals surface area contributed by atoms with Crippen LogP contribution >= 0.6 is 0 Å². The third-order valence-electron chi connectivity index (χ3n) is 5.48. The van der Waals surface area contributed by atoms with E-state index in [2.05, 4.69) is 11.8 Å². The summed E-state index contributed by atoms with van der Waals surface area (Å²) in [7, 11) is 0. The molecule has 1 aromatic rings. The van der Waals surface area contributed by atoms with Crippen LogP contribution in [0.5, 0.6) is 11.5 Å². The summed E-state index contributed by atoms with van der Waals surface area (Å²) >= 11 is 0. The monoisotopic (exact) mass is 346 g/mol. The van der Waals surface area contributed by atoms with Gasteiger partial charge in [0.25, 0.3) is 5.91 Å². The number of hydrogen-bond acceptors (Lipinski definition) is 5. The Morgan fingerprint density at radius 2 is 1.72 bits per heavy atom. The molecule has 1 amide bonds. The maximum Gasteiger partial charge on any atom is 0.267 e. The minimum atomic E-state index is -0.578. The summed E-state index contributed by atoms with van der Waals surface area (Å²) in [4.78, 5) is 17.5. The maximum atomic E-state index is 13.1. The van der Waals surface area contributed by atoms with Gasteiger partial charge in [0, 0.05) is 32.2 Å². The van der Waals surface area contributed by atoms with Crippen molar-refractivity contribution in [1.29, 1.82) is 0 Å². The lowest BCUT2D eigenvalue weighted by Crippen LogP contribution is -2.51. The van der Waals surface area contributed by atoms with E-state index in [1.165, 1.54) is 0 Å². The molecule has 0 aromatic heterocycles. The van der Waals surface area contributed by atoms with Gasteiger partial charge in [-0.25, -0.2) is 0 Å². The molecule has 6 nitrogen and oxygen atoms in total. The average Bonchev–Trinajstić information content (AvgIpc) is 3.03. The van der Waals surface area contributed by atoms with Gasteiger partial charge in [-0.1, -0.05) is 19.1 Å². The van der Waals surface area contributed by atoms with Gasteiger partial charge in [-0.15, -0.1) is 0 Å². The highest BCUT2D eigenvalue weighted by Crippen LogP contribution is 2.34. The highest BCUT2D eigenvalue weighted by molar-refractivity contribution is 5.82. The summed E-state index contributed by atoms with van der Waals surface area (Å²) in [5.74, 6) is 1.84. The molecule has 4 atom stereocenters. The van der Waals surface area contributed by atoms with Gasteiger partial charge in [0.15, 0.2) is 11.5 Å². The summed E-state index contributed by atoms with van der Waals surface area (Å²) in [6.07, 6.45) is -0.870. The van der Waals surface area contributed by atoms with E-state index in [1.54, 1.807) is 0 Å². The number of carbonyl (C=O) groups excluding carboxylic acids is 1. The highest BCUT2D eigenvalue weighted by atomic mass is 16.6. The van der Waals surface area contributed by atoms with Gasteiger partial charge in [0.2, 0.25) is 6.10 Å². The van der Waals surface area contributed by atoms with Gasteiger partial charge < -0.3 is 19.1 Å². The smallest absolute Gasteiger partial charge is 0.267 e. The van der Waals surface area contributed by atoms with Crippen LogP contribution in [0.4, 0.5) is 0 Å². The van der Waals surface area contributed by atoms with Crippen LogP contribution in [0.15, 0.2) is 24.3 Å². The zero-order valence-electron chi connectivity index (χ0n) is 14.9. The number of morpholine rings is 1. The first-order valence-electron chi connectivity index (χ1n) is 9.16. The predicted molar refractivity (Wildman–Crippen MR) is 92.9 cm³/mol. The Kier molecular flexibility index (Phi) is 4.56. The fourth-order valence-electron chi connectivity index (χ4n) is 4.08. The molecule has 136 valence electrons. The van der Waals surface area contributed by atoms with Crippen LogP contribution in [-0.2, 0) is 9.53 Å². The van der Waals surface area contributed by atoms with E-state index in [9.17, 15) is 4.79 Å². The average molecular weight is 346 g/mol. The van der Waals surface area contributed by atoms with Crippen LogP contribution < -0.4 is 9.47 Å². The molecule has 0 bridgehead atoms. The Morgan fingerprint density at radius 1 is 1.04 bits per heavy atom. The van der Waals surface area contributed by atoms with Crippen molar-refractivity contribution in [3.05, 3.63) is 24.3 Å². The van der Waals surface area contributed by atoms with Crippen molar-refractivity contribution in [3.63, 3.8) is 0 Å². The van der Waals surface area contributed by atoms with Crippen LogP contribution in [0.1, 0.15) is 13.8 Å². The Balaban J connectivity index is 1.44. The molecule has 2 fully saturated rings. The molecule has 0 N–H and O–H groups in total. The number of fused-ring (bicyclic) bond motifs is 1. The van der Waals surface area contributed by atoms with Crippen molar-refractivity contribution < 1.29 is 19.0 Å². The summed E-state index contributed by atoms with van der Waals surface area (Å²) in [6, 6.07) is 7.93. The van der Waals surface area contributed by atoms with E-state index in [1.807, 2.05) is 36.1 Å². The molecule has 0 spiro atoms. The maximum absolute atomic E-state index is 13.1. The van der Waals surface area contributed by atoms with Crippen molar-refractivity contribution in [2.45, 2.75) is 32.1 Å². The largest absolute Gasteiger partial charge is 0.482 e. The van der Waals surface area contributed by atoms with Crippen molar-refractivity contribution in [3.8, 4) is 11.5 Å². The molecule has 4 unspecified atom stereocenters. The molecule has 3 aliphatic heterocycles. The SMILES string of the molecule is CC1CN(C(=O)C2Oc3ccccc3OC2C)CC1N1CCOCC1. The van der Waals surface area contributed by atoms with Gasteiger partial charge in [0.05, 0.1) is 13.2 Å². The third kappa shape index (κ3) is 3.20. The number of carbonyl (C=O) groups is 1. The topological polar surface area (TPSA) is 51.2 Å². The molecule has 3 aliphatic rings. The van der Waals surface area contributed by atoms with Crippen LogP contribution in [-0.4, -0.2) is 73.3 Å². The number of benzene rings is 1. The first kappa shape index (κ1) is 16.7. The molecule has 1 aromatic carbocycles. The fourth-order valence-corrected chi connectivity index (χ4v) is 4.08. The number of hydrogen-bond donors (Lipinski definition) is 0. The van der Waals surface area contributed by atoms with Gasteiger partial charge in [0.1, 0.15) is 6.10 Å². The van der Waals surface area contributed by atoms with Crippen molar-refractivity contribution >= 4 is 5.91 Å². The van der Waals surface area contributed by atoms with E-state index in [4.69, 9.17) is 14.2 Å². The Morgan fingerprint density at radius 3 is 2.44 bits per heavy atom. The molecule has 0 radical (unpaired) electrons. The summed E-state index contributed by atoms with van der Waals surface area (Å²) in [5.41, 5.74) is 0. The highest BCUT2D eigenvalue weighted by Gasteiger charge is 2.42. The number of rotatable bonds is 2. The number of nitrogens with zero attached hydrogens (tertiary/aromatic N) is 2.